The molecule has 3 aromatic rings. The second kappa shape index (κ2) is 9.88. The van der Waals surface area contributed by atoms with E-state index in [4.69, 9.17) is 9.73 Å². The normalized spacial score (nSPS) is 27.9. The number of likely N-dealkylation sites (N-methyl/N-ethyl adjacent to an activating group) is 1. The fourth-order valence-corrected chi connectivity index (χ4v) is 9.26. The van der Waals surface area contributed by atoms with E-state index in [1.807, 2.05) is 30.1 Å². The molecule has 6 aliphatic rings. The van der Waals surface area contributed by atoms with Crippen molar-refractivity contribution in [2.75, 3.05) is 27.2 Å². The standard InChI is InChI=1S/C38H37F2N3O3/c1-42-20-37(11-12-37)18-33(42)36(45)46-19-34(44)23-5-9-28-27-8-4-22(15-29(27)38(39,40)30(28)16-23)21-6-10-31-25(13-21)17-32(41-31)35-24-3-7-26(14-24)43(35)2/h4-6,8-10,13,15-16,24,26,33,35H,3,7,11-12,14,17-20H2,1-2H3/t24-,26+,33-,35-/m0/s1. The number of esters is 1. The monoisotopic (exact) mass is 621 g/mol. The van der Waals surface area contributed by atoms with E-state index < -0.39 is 24.3 Å². The number of nitrogens with zero attached hydrogens (tertiary/aromatic N) is 3. The van der Waals surface area contributed by atoms with Gasteiger partial charge in [-0.1, -0.05) is 30.3 Å². The van der Waals surface area contributed by atoms with Crippen molar-refractivity contribution in [3.05, 3.63) is 76.9 Å². The van der Waals surface area contributed by atoms with Crippen molar-refractivity contribution in [1.82, 2.24) is 9.80 Å². The SMILES string of the molecule is CN1CC2(CC2)C[C@H]1C(=O)OCC(=O)c1ccc2c(c1)C(F)(F)c1cc(-c3ccc4c(c3)CC([C@@H]3[C@H]5CC[C@H](C5)N3C)=N4)ccc1-2. The highest BCUT2D eigenvalue weighted by molar-refractivity contribution is 6.00. The second-order valence-electron chi connectivity index (χ2n) is 14.7. The maximum absolute atomic E-state index is 16.0. The zero-order valence-electron chi connectivity index (χ0n) is 26.2. The molecule has 3 heterocycles. The highest BCUT2D eigenvalue weighted by Gasteiger charge is 2.53. The number of aliphatic imine (C=N–C) groups is 1. The van der Waals surface area contributed by atoms with Gasteiger partial charge in [0.05, 0.1) is 11.7 Å². The van der Waals surface area contributed by atoms with Gasteiger partial charge in [-0.05, 0) is 116 Å². The highest BCUT2D eigenvalue weighted by atomic mass is 19.3. The predicted octanol–water partition coefficient (Wildman–Crippen LogP) is 6.80. The summed E-state index contributed by atoms with van der Waals surface area (Å²) in [5, 5.41) is 0. The Kier molecular flexibility index (Phi) is 6.11. The van der Waals surface area contributed by atoms with Crippen LogP contribution in [-0.2, 0) is 21.9 Å². The number of rotatable bonds is 6. The first-order chi connectivity index (χ1) is 22.1. The lowest BCUT2D eigenvalue weighted by Gasteiger charge is -2.32. The zero-order chi connectivity index (χ0) is 31.5. The van der Waals surface area contributed by atoms with Gasteiger partial charge in [-0.2, -0.15) is 8.78 Å². The molecule has 9 rings (SSSR count). The average Bonchev–Trinajstić information content (AvgIpc) is 3.46. The number of piperidine rings is 1. The van der Waals surface area contributed by atoms with E-state index in [0.717, 1.165) is 54.6 Å². The van der Waals surface area contributed by atoms with Crippen LogP contribution in [0.15, 0.2) is 59.6 Å². The summed E-state index contributed by atoms with van der Waals surface area (Å²) in [5.41, 5.74) is 5.98. The molecule has 0 amide bonds. The first-order valence-corrected chi connectivity index (χ1v) is 16.6. The first-order valence-electron chi connectivity index (χ1n) is 16.6. The molecule has 46 heavy (non-hydrogen) atoms. The Morgan fingerprint density at radius 1 is 0.957 bits per heavy atom. The molecule has 3 aliphatic carbocycles. The molecule has 3 aliphatic heterocycles. The van der Waals surface area contributed by atoms with Crippen molar-refractivity contribution in [3.63, 3.8) is 0 Å². The number of hydrogen-bond acceptors (Lipinski definition) is 6. The third kappa shape index (κ3) is 4.29. The third-order valence-corrected chi connectivity index (χ3v) is 11.9. The van der Waals surface area contributed by atoms with Crippen LogP contribution in [0, 0.1) is 11.3 Å². The van der Waals surface area contributed by atoms with Crippen LogP contribution in [0.3, 0.4) is 0 Å². The van der Waals surface area contributed by atoms with Crippen molar-refractivity contribution < 1.29 is 23.1 Å². The Morgan fingerprint density at radius 3 is 2.43 bits per heavy atom. The number of benzene rings is 3. The van der Waals surface area contributed by atoms with Crippen LogP contribution in [0.25, 0.3) is 22.3 Å². The maximum atomic E-state index is 16.0. The average molecular weight is 622 g/mol. The number of hydrogen-bond donors (Lipinski definition) is 0. The number of halogens is 2. The Bertz CT molecular complexity index is 1860. The van der Waals surface area contributed by atoms with E-state index in [1.165, 1.54) is 31.0 Å². The summed E-state index contributed by atoms with van der Waals surface area (Å²) in [4.78, 5) is 35.3. The number of fused-ring (bicyclic) bond motifs is 6. The molecule has 8 heteroatoms. The van der Waals surface area contributed by atoms with Crippen molar-refractivity contribution in [1.29, 1.82) is 0 Å². The van der Waals surface area contributed by atoms with Gasteiger partial charge in [0.1, 0.15) is 6.04 Å². The van der Waals surface area contributed by atoms with Gasteiger partial charge in [-0.15, -0.1) is 0 Å². The summed E-state index contributed by atoms with van der Waals surface area (Å²) < 4.78 is 37.5. The zero-order valence-corrected chi connectivity index (χ0v) is 26.2. The molecule has 2 saturated heterocycles. The molecule has 6 nitrogen and oxygen atoms in total. The molecule has 0 unspecified atom stereocenters. The van der Waals surface area contributed by atoms with Gasteiger partial charge >= 0.3 is 5.97 Å². The number of Topliss-reactive ketones (excluding diaryl/α,β-unsaturated/α-hetero) is 1. The number of carbonyl (C=O) groups excluding carboxylic acids is 2. The van der Waals surface area contributed by atoms with E-state index >= 15 is 8.78 Å². The minimum absolute atomic E-state index is 0.0599. The Balaban J connectivity index is 0.918. The predicted molar refractivity (Wildman–Crippen MR) is 172 cm³/mol. The van der Waals surface area contributed by atoms with Crippen LogP contribution in [-0.4, -0.2) is 72.6 Å². The van der Waals surface area contributed by atoms with Crippen LogP contribution in [0.2, 0.25) is 0 Å². The molecule has 4 fully saturated rings. The first kappa shape index (κ1) is 28.5. The summed E-state index contributed by atoms with van der Waals surface area (Å²) in [6.07, 6.45) is 7.61. The van der Waals surface area contributed by atoms with Gasteiger partial charge in [0, 0.05) is 41.4 Å². The van der Waals surface area contributed by atoms with E-state index in [2.05, 4.69) is 18.0 Å². The van der Waals surface area contributed by atoms with Crippen LogP contribution in [0.4, 0.5) is 14.5 Å². The summed E-state index contributed by atoms with van der Waals surface area (Å²) in [6.45, 7) is 0.406. The van der Waals surface area contributed by atoms with Gasteiger partial charge in [-0.3, -0.25) is 24.4 Å². The van der Waals surface area contributed by atoms with E-state index in [9.17, 15) is 9.59 Å². The van der Waals surface area contributed by atoms with Crippen molar-refractivity contribution in [3.8, 4) is 22.3 Å². The molecule has 2 bridgehead atoms. The minimum atomic E-state index is -3.27. The fraction of sp³-hybridized carbons (Fsp3) is 0.447. The Hall–Kier alpha value is -3.75. The number of ether oxygens (including phenoxy) is 1. The van der Waals surface area contributed by atoms with Gasteiger partial charge < -0.3 is 4.74 Å². The van der Waals surface area contributed by atoms with Gasteiger partial charge in [0.15, 0.2) is 12.4 Å². The highest BCUT2D eigenvalue weighted by Crippen LogP contribution is 2.55. The molecular formula is C38H37F2N3O3. The summed E-state index contributed by atoms with van der Waals surface area (Å²) in [5.74, 6) is -3.49. The lowest BCUT2D eigenvalue weighted by molar-refractivity contribution is -0.147. The van der Waals surface area contributed by atoms with Crippen LogP contribution >= 0.6 is 0 Å². The van der Waals surface area contributed by atoms with E-state index in [0.29, 0.717) is 29.1 Å². The minimum Gasteiger partial charge on any atom is -0.456 e. The molecule has 4 atom stereocenters. The lowest BCUT2D eigenvalue weighted by atomic mass is 9.91. The maximum Gasteiger partial charge on any atom is 0.323 e. The van der Waals surface area contributed by atoms with Gasteiger partial charge in [0.2, 0.25) is 0 Å². The van der Waals surface area contributed by atoms with Crippen LogP contribution in [0.5, 0.6) is 0 Å². The molecule has 1 spiro atoms. The number of ketones is 1. The molecule has 2 saturated carbocycles. The topological polar surface area (TPSA) is 62.2 Å². The summed E-state index contributed by atoms with van der Waals surface area (Å²) >= 11 is 0. The third-order valence-electron chi connectivity index (χ3n) is 11.9. The Morgan fingerprint density at radius 2 is 1.70 bits per heavy atom. The van der Waals surface area contributed by atoms with E-state index in [1.54, 1.807) is 24.3 Å². The smallest absolute Gasteiger partial charge is 0.323 e. The number of alkyl halides is 2. The summed E-state index contributed by atoms with van der Waals surface area (Å²) in [7, 11) is 4.13. The molecule has 0 aromatic heterocycles. The number of likely N-dealkylation sites (tertiary alicyclic amines) is 2. The molecule has 0 N–H and O–H groups in total. The van der Waals surface area contributed by atoms with Crippen LogP contribution < -0.4 is 0 Å². The fourth-order valence-electron chi connectivity index (χ4n) is 9.26. The molecular weight excluding hydrogens is 584 g/mol. The van der Waals surface area contributed by atoms with E-state index in [-0.39, 0.29) is 28.1 Å². The Labute approximate surface area is 267 Å². The number of carbonyl (C=O) groups is 2. The molecule has 236 valence electrons. The summed E-state index contributed by atoms with van der Waals surface area (Å²) in [6, 6.07) is 16.5. The quantitative estimate of drug-likeness (QED) is 0.224. The largest absolute Gasteiger partial charge is 0.456 e. The molecule has 0 radical (unpaired) electrons. The van der Waals surface area contributed by atoms with Gasteiger partial charge in [0.25, 0.3) is 5.92 Å². The van der Waals surface area contributed by atoms with Gasteiger partial charge in [-0.25, -0.2) is 0 Å². The van der Waals surface area contributed by atoms with Crippen molar-refractivity contribution in [2.24, 2.45) is 16.3 Å². The molecule has 3 aromatic carbocycles. The van der Waals surface area contributed by atoms with Crippen LogP contribution in [0.1, 0.15) is 65.6 Å². The lowest BCUT2D eigenvalue weighted by Crippen LogP contribution is -2.43. The van der Waals surface area contributed by atoms with Crippen molar-refractivity contribution >= 4 is 23.2 Å². The second-order valence-corrected chi connectivity index (χ2v) is 14.7. The van der Waals surface area contributed by atoms with Crippen molar-refractivity contribution in [2.45, 2.75) is 69.0 Å².